The molecule has 7 heteroatoms. The van der Waals surface area contributed by atoms with Crippen molar-refractivity contribution in [2.45, 2.75) is 0 Å². The Labute approximate surface area is 122 Å². The molecule has 1 aliphatic rings. The van der Waals surface area contributed by atoms with Crippen molar-refractivity contribution in [3.05, 3.63) is 53.8 Å². The van der Waals surface area contributed by atoms with Crippen molar-refractivity contribution in [1.29, 1.82) is 0 Å². The van der Waals surface area contributed by atoms with Gasteiger partial charge in [-0.05, 0) is 12.1 Å². The predicted octanol–water partition coefficient (Wildman–Crippen LogP) is 0.0724. The van der Waals surface area contributed by atoms with Gasteiger partial charge in [-0.3, -0.25) is 4.79 Å². The van der Waals surface area contributed by atoms with Gasteiger partial charge < -0.3 is 15.0 Å². The number of piperazine rings is 1. The molecule has 1 fully saturated rings. The highest BCUT2D eigenvalue weighted by atomic mass is 16.5. The lowest BCUT2D eigenvalue weighted by Crippen LogP contribution is -2.49. The third-order valence-electron chi connectivity index (χ3n) is 3.42. The van der Waals surface area contributed by atoms with Crippen LogP contribution in [0.15, 0.2) is 43.0 Å². The molecule has 7 nitrogen and oxygen atoms in total. The molecule has 0 saturated carbocycles. The molecule has 3 heterocycles. The van der Waals surface area contributed by atoms with E-state index in [1.54, 1.807) is 35.5 Å². The minimum atomic E-state index is -0.117. The second kappa shape index (κ2) is 5.74. The summed E-state index contributed by atoms with van der Waals surface area (Å²) >= 11 is 0. The molecule has 2 aromatic heterocycles. The zero-order valence-corrected chi connectivity index (χ0v) is 11.4. The number of amides is 1. The summed E-state index contributed by atoms with van der Waals surface area (Å²) in [7, 11) is 0. The predicted molar refractivity (Wildman–Crippen MR) is 75.6 cm³/mol. The number of rotatable bonds is 2. The van der Waals surface area contributed by atoms with Gasteiger partial charge in [0.2, 0.25) is 5.95 Å². The summed E-state index contributed by atoms with van der Waals surface area (Å²) in [5.74, 6) is 0.565. The van der Waals surface area contributed by atoms with Crippen LogP contribution >= 0.6 is 0 Å². The number of aromatic nitrogens is 3. The Kier molecular flexibility index (Phi) is 3.63. The van der Waals surface area contributed by atoms with Crippen LogP contribution in [0.5, 0.6) is 0 Å². The number of nitrogens with zero attached hydrogens (tertiary/aromatic N) is 5. The van der Waals surface area contributed by atoms with E-state index in [0.717, 1.165) is 0 Å². The largest absolute Gasteiger partial charge is 0.619 e. The summed E-state index contributed by atoms with van der Waals surface area (Å²) in [5.41, 5.74) is 0.414. The van der Waals surface area contributed by atoms with Crippen LogP contribution in [-0.4, -0.2) is 47.0 Å². The van der Waals surface area contributed by atoms with Crippen molar-refractivity contribution in [2.24, 2.45) is 0 Å². The van der Waals surface area contributed by atoms with Crippen LogP contribution in [0.25, 0.3) is 0 Å². The third kappa shape index (κ3) is 2.91. The van der Waals surface area contributed by atoms with E-state index >= 15 is 0 Å². The average Bonchev–Trinajstić information content (AvgIpc) is 2.55. The van der Waals surface area contributed by atoms with Gasteiger partial charge in [-0.1, -0.05) is 0 Å². The highest BCUT2D eigenvalue weighted by Gasteiger charge is 2.24. The Balaban J connectivity index is 1.64. The minimum Gasteiger partial charge on any atom is -0.619 e. The monoisotopic (exact) mass is 285 g/mol. The van der Waals surface area contributed by atoms with Crippen molar-refractivity contribution < 1.29 is 9.52 Å². The number of hydrogen-bond acceptors (Lipinski definition) is 5. The van der Waals surface area contributed by atoms with Crippen LogP contribution in [0.1, 0.15) is 10.4 Å². The number of hydrogen-bond donors (Lipinski definition) is 0. The molecule has 0 aliphatic carbocycles. The molecular weight excluding hydrogens is 270 g/mol. The lowest BCUT2D eigenvalue weighted by atomic mass is 10.2. The average molecular weight is 285 g/mol. The summed E-state index contributed by atoms with van der Waals surface area (Å²) in [4.78, 5) is 24.5. The number of carbonyl (C=O) groups excluding carboxylic acids is 1. The van der Waals surface area contributed by atoms with Gasteiger partial charge in [0.05, 0.1) is 0 Å². The van der Waals surface area contributed by atoms with E-state index in [4.69, 9.17) is 0 Å². The first-order valence-corrected chi connectivity index (χ1v) is 6.74. The van der Waals surface area contributed by atoms with Gasteiger partial charge in [0.15, 0.2) is 12.4 Å². The smallest absolute Gasteiger partial charge is 0.260 e. The fourth-order valence-electron chi connectivity index (χ4n) is 2.33. The maximum absolute atomic E-state index is 12.3. The van der Waals surface area contributed by atoms with Crippen LogP contribution in [0, 0.1) is 5.21 Å². The molecule has 0 unspecified atom stereocenters. The summed E-state index contributed by atoms with van der Waals surface area (Å²) in [5, 5.41) is 11.2. The van der Waals surface area contributed by atoms with Crippen LogP contribution in [-0.2, 0) is 0 Å². The van der Waals surface area contributed by atoms with Gasteiger partial charge >= 0.3 is 0 Å². The van der Waals surface area contributed by atoms with Crippen LogP contribution in [0.3, 0.4) is 0 Å². The molecule has 0 bridgehead atoms. The van der Waals surface area contributed by atoms with Crippen LogP contribution in [0.2, 0.25) is 0 Å². The molecular formula is C14H15N5O2. The SMILES string of the molecule is O=C(c1ccc[n+]([O-])c1)N1CCN(c2ncccn2)CC1. The maximum Gasteiger partial charge on any atom is 0.260 e. The molecule has 108 valence electrons. The molecule has 3 rings (SSSR count). The Morgan fingerprint density at radius 1 is 1.14 bits per heavy atom. The fraction of sp³-hybridized carbons (Fsp3) is 0.286. The van der Waals surface area contributed by atoms with Gasteiger partial charge in [0.1, 0.15) is 5.56 Å². The van der Waals surface area contributed by atoms with Crippen LogP contribution < -0.4 is 9.63 Å². The zero-order valence-electron chi connectivity index (χ0n) is 11.4. The lowest BCUT2D eigenvalue weighted by molar-refractivity contribution is -0.605. The number of pyridine rings is 1. The van der Waals surface area contributed by atoms with E-state index in [9.17, 15) is 10.0 Å². The topological polar surface area (TPSA) is 76.3 Å². The Bertz CT molecular complexity index is 626. The molecule has 0 atom stereocenters. The van der Waals surface area contributed by atoms with Gasteiger partial charge in [-0.15, -0.1) is 0 Å². The molecule has 2 aromatic rings. The van der Waals surface area contributed by atoms with Gasteiger partial charge in [0.25, 0.3) is 5.91 Å². The summed E-state index contributed by atoms with van der Waals surface area (Å²) in [6.45, 7) is 2.54. The Morgan fingerprint density at radius 3 is 2.52 bits per heavy atom. The molecule has 1 aliphatic heterocycles. The maximum atomic E-state index is 12.3. The van der Waals surface area contributed by atoms with Gasteiger partial charge in [0, 0.05) is 44.6 Å². The van der Waals surface area contributed by atoms with Crippen molar-refractivity contribution in [3.63, 3.8) is 0 Å². The molecule has 0 spiro atoms. The number of carbonyl (C=O) groups is 1. The van der Waals surface area contributed by atoms with E-state index in [0.29, 0.717) is 42.4 Å². The molecule has 1 saturated heterocycles. The molecule has 0 radical (unpaired) electrons. The minimum absolute atomic E-state index is 0.117. The second-order valence-corrected chi connectivity index (χ2v) is 4.78. The summed E-state index contributed by atoms with van der Waals surface area (Å²) in [6, 6.07) is 5.01. The molecule has 0 aromatic carbocycles. The van der Waals surface area contributed by atoms with E-state index < -0.39 is 0 Å². The van der Waals surface area contributed by atoms with Gasteiger partial charge in [-0.2, -0.15) is 4.73 Å². The van der Waals surface area contributed by atoms with E-state index in [1.807, 2.05) is 4.90 Å². The van der Waals surface area contributed by atoms with Crippen molar-refractivity contribution in [2.75, 3.05) is 31.1 Å². The molecule has 1 amide bonds. The first kappa shape index (κ1) is 13.3. The summed E-state index contributed by atoms with van der Waals surface area (Å²) in [6.07, 6.45) is 6.07. The highest BCUT2D eigenvalue weighted by Crippen LogP contribution is 2.11. The number of anilines is 1. The van der Waals surface area contributed by atoms with Crippen molar-refractivity contribution >= 4 is 11.9 Å². The standard InChI is InChI=1S/C14H15N5O2/c20-13(12-3-1-6-19(21)11-12)17-7-9-18(10-8-17)14-15-4-2-5-16-14/h1-6,11H,7-10H2. The first-order valence-electron chi connectivity index (χ1n) is 6.74. The fourth-order valence-corrected chi connectivity index (χ4v) is 2.33. The van der Waals surface area contributed by atoms with Crippen LogP contribution in [0.4, 0.5) is 5.95 Å². The summed E-state index contributed by atoms with van der Waals surface area (Å²) < 4.78 is 0.640. The molecule has 21 heavy (non-hydrogen) atoms. The van der Waals surface area contributed by atoms with E-state index in [1.165, 1.54) is 12.4 Å². The Hall–Kier alpha value is -2.70. The highest BCUT2D eigenvalue weighted by molar-refractivity contribution is 5.93. The van der Waals surface area contributed by atoms with Crippen molar-refractivity contribution in [3.8, 4) is 0 Å². The Morgan fingerprint density at radius 2 is 1.86 bits per heavy atom. The molecule has 0 N–H and O–H groups in total. The quantitative estimate of drug-likeness (QED) is 0.576. The van der Waals surface area contributed by atoms with Crippen molar-refractivity contribution in [1.82, 2.24) is 14.9 Å². The second-order valence-electron chi connectivity index (χ2n) is 4.78. The first-order chi connectivity index (χ1) is 10.2. The zero-order chi connectivity index (χ0) is 14.7. The van der Waals surface area contributed by atoms with E-state index in [-0.39, 0.29) is 5.91 Å². The lowest BCUT2D eigenvalue weighted by Gasteiger charge is -2.34. The third-order valence-corrected chi connectivity index (χ3v) is 3.42. The van der Waals surface area contributed by atoms with E-state index in [2.05, 4.69) is 9.97 Å². The van der Waals surface area contributed by atoms with Gasteiger partial charge in [-0.25, -0.2) is 9.97 Å². The normalized spacial score (nSPS) is 15.0.